The van der Waals surface area contributed by atoms with E-state index < -0.39 is 5.82 Å². The molecule has 1 N–H and O–H groups in total. The number of pyridine rings is 1. The molecule has 0 atom stereocenters. The second-order valence-electron chi connectivity index (χ2n) is 6.31. The Balaban J connectivity index is 1.66. The third kappa shape index (κ3) is 3.19. The summed E-state index contributed by atoms with van der Waals surface area (Å²) in [7, 11) is 0. The number of fused-ring (bicyclic) bond motifs is 1. The number of hydrogen-bond donors (Lipinski definition) is 1. The number of aryl methyl sites for hydroxylation is 2. The van der Waals surface area contributed by atoms with E-state index in [0.717, 1.165) is 22.2 Å². The first-order valence-corrected chi connectivity index (χ1v) is 8.45. The van der Waals surface area contributed by atoms with Crippen LogP contribution in [0.1, 0.15) is 11.3 Å². The molecule has 3 heterocycles. The molecule has 0 aliphatic carbocycles. The fourth-order valence-electron chi connectivity index (χ4n) is 3.09. The summed E-state index contributed by atoms with van der Waals surface area (Å²) < 4.78 is 20.9. The lowest BCUT2D eigenvalue weighted by Gasteiger charge is -2.08. The van der Waals surface area contributed by atoms with E-state index in [-0.39, 0.29) is 18.1 Å². The van der Waals surface area contributed by atoms with Crippen LogP contribution in [-0.2, 0) is 11.3 Å². The molecule has 0 fully saturated rings. The molecule has 1 aromatic carbocycles. The van der Waals surface area contributed by atoms with Gasteiger partial charge in [0, 0.05) is 11.8 Å². The lowest BCUT2D eigenvalue weighted by molar-refractivity contribution is -0.116. The van der Waals surface area contributed by atoms with Gasteiger partial charge in [0.2, 0.25) is 5.91 Å². The van der Waals surface area contributed by atoms with E-state index in [9.17, 15) is 9.18 Å². The predicted molar refractivity (Wildman–Crippen MR) is 99.7 cm³/mol. The molecule has 0 unspecified atom stereocenters. The maximum Gasteiger partial charge on any atom is 0.246 e. The van der Waals surface area contributed by atoms with E-state index in [1.165, 1.54) is 10.7 Å². The van der Waals surface area contributed by atoms with Crippen molar-refractivity contribution in [1.82, 2.24) is 14.8 Å². The fraction of sp³-hybridized carbons (Fsp3) is 0.150. The molecule has 4 rings (SSSR count). The molecule has 0 radical (unpaired) electrons. The maximum absolute atomic E-state index is 13.9. The Hall–Kier alpha value is -3.48. The van der Waals surface area contributed by atoms with Crippen molar-refractivity contribution in [3.63, 3.8) is 0 Å². The van der Waals surface area contributed by atoms with Crippen molar-refractivity contribution in [2.75, 3.05) is 5.32 Å². The third-order valence-corrected chi connectivity index (χ3v) is 4.28. The number of rotatable bonds is 4. The molecule has 27 heavy (non-hydrogen) atoms. The average molecular weight is 364 g/mol. The number of anilines is 1. The zero-order valence-electron chi connectivity index (χ0n) is 14.9. The smallest absolute Gasteiger partial charge is 0.246 e. The van der Waals surface area contributed by atoms with E-state index in [4.69, 9.17) is 4.42 Å². The Morgan fingerprint density at radius 1 is 1.26 bits per heavy atom. The van der Waals surface area contributed by atoms with Crippen LogP contribution in [0.15, 0.2) is 53.3 Å². The van der Waals surface area contributed by atoms with E-state index >= 15 is 0 Å². The largest absolute Gasteiger partial charge is 0.464 e. The van der Waals surface area contributed by atoms with Gasteiger partial charge < -0.3 is 9.73 Å². The predicted octanol–water partition coefficient (Wildman–Crippen LogP) is 4.09. The van der Waals surface area contributed by atoms with Gasteiger partial charge in [0.1, 0.15) is 18.1 Å². The van der Waals surface area contributed by atoms with Gasteiger partial charge in [-0.15, -0.1) is 0 Å². The molecule has 4 aromatic rings. The molecule has 6 nitrogen and oxygen atoms in total. The molecule has 3 aromatic heterocycles. The Morgan fingerprint density at radius 2 is 2.11 bits per heavy atom. The number of carbonyl (C=O) groups excluding carboxylic acids is 1. The van der Waals surface area contributed by atoms with Gasteiger partial charge in [-0.2, -0.15) is 5.10 Å². The SMILES string of the molecule is Cc1ccc(F)c(NC(=O)Cn2nc(C)c3c(-c4ccco4)ccnc32)c1. The van der Waals surface area contributed by atoms with Crippen LogP contribution in [0.3, 0.4) is 0 Å². The molecular formula is C20H17FN4O2. The number of halogens is 1. The van der Waals surface area contributed by atoms with E-state index in [0.29, 0.717) is 11.4 Å². The average Bonchev–Trinajstić information content (AvgIpc) is 3.27. The standard InChI is InChI=1S/C20H17FN4O2/c1-12-5-6-15(21)16(10-12)23-18(26)11-25-20-19(13(2)24-25)14(7-8-22-20)17-4-3-9-27-17/h3-10H,11H2,1-2H3,(H,23,26). The molecule has 0 spiro atoms. The lowest BCUT2D eigenvalue weighted by atomic mass is 10.1. The van der Waals surface area contributed by atoms with Crippen molar-refractivity contribution in [2.45, 2.75) is 20.4 Å². The van der Waals surface area contributed by atoms with Crippen LogP contribution in [0.4, 0.5) is 10.1 Å². The molecule has 0 saturated heterocycles. The van der Waals surface area contributed by atoms with Crippen LogP contribution >= 0.6 is 0 Å². The van der Waals surface area contributed by atoms with E-state index in [2.05, 4.69) is 15.4 Å². The minimum atomic E-state index is -0.478. The van der Waals surface area contributed by atoms with Gasteiger partial charge in [-0.25, -0.2) is 14.1 Å². The van der Waals surface area contributed by atoms with Crippen LogP contribution in [0.25, 0.3) is 22.4 Å². The Kier molecular flexibility index (Phi) is 4.19. The van der Waals surface area contributed by atoms with Crippen molar-refractivity contribution < 1.29 is 13.6 Å². The quantitative estimate of drug-likeness (QED) is 0.592. The summed E-state index contributed by atoms with van der Waals surface area (Å²) in [5.41, 5.74) is 3.17. The lowest BCUT2D eigenvalue weighted by Crippen LogP contribution is -2.20. The number of aromatic nitrogens is 3. The number of nitrogens with one attached hydrogen (secondary N) is 1. The summed E-state index contributed by atoms with van der Waals surface area (Å²) in [4.78, 5) is 16.8. The molecule has 1 amide bonds. The van der Waals surface area contributed by atoms with Gasteiger partial charge in [0.05, 0.1) is 23.0 Å². The Labute approximate surface area is 154 Å². The fourth-order valence-corrected chi connectivity index (χ4v) is 3.09. The van der Waals surface area contributed by atoms with Crippen LogP contribution in [-0.4, -0.2) is 20.7 Å². The van der Waals surface area contributed by atoms with E-state index in [1.807, 2.05) is 32.0 Å². The maximum atomic E-state index is 13.9. The Morgan fingerprint density at radius 3 is 2.89 bits per heavy atom. The number of amides is 1. The van der Waals surface area contributed by atoms with Gasteiger partial charge in [-0.1, -0.05) is 6.07 Å². The molecule has 0 saturated carbocycles. The number of nitrogens with zero attached hydrogens (tertiary/aromatic N) is 3. The zero-order chi connectivity index (χ0) is 19.0. The molecule has 0 aliphatic heterocycles. The molecule has 0 bridgehead atoms. The van der Waals surface area contributed by atoms with Gasteiger partial charge in [0.15, 0.2) is 5.65 Å². The second-order valence-corrected chi connectivity index (χ2v) is 6.31. The van der Waals surface area contributed by atoms with Gasteiger partial charge >= 0.3 is 0 Å². The van der Waals surface area contributed by atoms with Crippen LogP contribution in [0, 0.1) is 19.7 Å². The minimum absolute atomic E-state index is 0.0771. The topological polar surface area (TPSA) is 73.0 Å². The van der Waals surface area contributed by atoms with Gasteiger partial charge in [-0.3, -0.25) is 4.79 Å². The summed E-state index contributed by atoms with van der Waals surface area (Å²) >= 11 is 0. The van der Waals surface area contributed by atoms with Crippen molar-refractivity contribution >= 4 is 22.6 Å². The number of benzene rings is 1. The molecular weight excluding hydrogens is 347 g/mol. The summed E-state index contributed by atoms with van der Waals surface area (Å²) in [6, 6.07) is 10.1. The van der Waals surface area contributed by atoms with Crippen molar-refractivity contribution in [1.29, 1.82) is 0 Å². The first kappa shape index (κ1) is 17.0. The van der Waals surface area contributed by atoms with Crippen molar-refractivity contribution in [3.05, 3.63) is 65.9 Å². The third-order valence-electron chi connectivity index (χ3n) is 4.28. The van der Waals surface area contributed by atoms with Gasteiger partial charge in [-0.05, 0) is 49.7 Å². The Bertz CT molecular complexity index is 1130. The van der Waals surface area contributed by atoms with Crippen LogP contribution in [0.2, 0.25) is 0 Å². The highest BCUT2D eigenvalue weighted by Crippen LogP contribution is 2.30. The first-order valence-electron chi connectivity index (χ1n) is 8.45. The molecule has 0 aliphatic rings. The highest BCUT2D eigenvalue weighted by atomic mass is 19.1. The van der Waals surface area contributed by atoms with Crippen LogP contribution in [0.5, 0.6) is 0 Å². The summed E-state index contributed by atoms with van der Waals surface area (Å²) in [5, 5.41) is 7.86. The van der Waals surface area contributed by atoms with Crippen molar-refractivity contribution in [2.24, 2.45) is 0 Å². The first-order chi connectivity index (χ1) is 13.0. The number of furan rings is 1. The molecule has 136 valence electrons. The monoisotopic (exact) mass is 364 g/mol. The molecule has 7 heteroatoms. The van der Waals surface area contributed by atoms with Gasteiger partial charge in [0.25, 0.3) is 0 Å². The highest BCUT2D eigenvalue weighted by molar-refractivity contribution is 5.95. The summed E-state index contributed by atoms with van der Waals surface area (Å²) in [5.74, 6) is -0.154. The zero-order valence-corrected chi connectivity index (χ0v) is 14.9. The summed E-state index contributed by atoms with van der Waals surface area (Å²) in [6.45, 7) is 3.61. The highest BCUT2D eigenvalue weighted by Gasteiger charge is 2.17. The summed E-state index contributed by atoms with van der Waals surface area (Å²) in [6.07, 6.45) is 3.25. The minimum Gasteiger partial charge on any atom is -0.464 e. The second kappa shape index (κ2) is 6.68. The van der Waals surface area contributed by atoms with Crippen LogP contribution < -0.4 is 5.32 Å². The van der Waals surface area contributed by atoms with E-state index in [1.54, 1.807) is 24.6 Å². The number of carbonyl (C=O) groups is 1. The normalized spacial score (nSPS) is 11.1. The number of hydrogen-bond acceptors (Lipinski definition) is 4. The van der Waals surface area contributed by atoms with Crippen molar-refractivity contribution in [3.8, 4) is 11.3 Å².